The summed E-state index contributed by atoms with van der Waals surface area (Å²) in [4.78, 5) is 10.8. The molecule has 0 saturated carbocycles. The molecule has 1 aromatic rings. The number of hydrogen-bond acceptors (Lipinski definition) is 3. The van der Waals surface area contributed by atoms with E-state index in [1.807, 2.05) is 0 Å². The van der Waals surface area contributed by atoms with Crippen LogP contribution >= 0.6 is 15.9 Å². The van der Waals surface area contributed by atoms with E-state index in [1.165, 1.54) is 0 Å². The molecule has 1 aromatic carbocycles. The molecule has 1 heterocycles. The Bertz CT molecular complexity index is 380. The number of aromatic hydroxyl groups is 1. The summed E-state index contributed by atoms with van der Waals surface area (Å²) in [6.07, 6.45) is -0.447. The molecule has 1 saturated heterocycles. The second-order valence-electron chi connectivity index (χ2n) is 3.00. The molecule has 0 bridgehead atoms. The maximum absolute atomic E-state index is 10.8. The molecule has 4 nitrogen and oxygen atoms in total. The van der Waals surface area contributed by atoms with Gasteiger partial charge in [0.15, 0.2) is 0 Å². The molecule has 1 aliphatic rings. The molecule has 1 atom stereocenters. The molecule has 1 amide bonds. The van der Waals surface area contributed by atoms with Gasteiger partial charge in [-0.15, -0.1) is 0 Å². The zero-order valence-corrected chi connectivity index (χ0v) is 8.74. The molecular weight excluding hydrogens is 250 g/mol. The van der Waals surface area contributed by atoms with Gasteiger partial charge in [0.1, 0.15) is 12.4 Å². The minimum Gasteiger partial charge on any atom is -0.508 e. The number of nitrogens with one attached hydrogen (secondary N) is 1. The van der Waals surface area contributed by atoms with E-state index in [1.54, 1.807) is 18.2 Å². The molecule has 74 valence electrons. The highest BCUT2D eigenvalue weighted by atomic mass is 79.9. The fourth-order valence-corrected chi connectivity index (χ4v) is 1.71. The monoisotopic (exact) mass is 257 g/mol. The standard InChI is InChI=1S/C9H8BrNO3/c10-5-1-2-6(8(12)3-5)7-4-14-9(13)11-7/h1-3,7,12H,4H2,(H,11,13)/t7-/m0/s1. The van der Waals surface area contributed by atoms with Gasteiger partial charge >= 0.3 is 6.09 Å². The van der Waals surface area contributed by atoms with Crippen LogP contribution in [0.2, 0.25) is 0 Å². The second kappa shape index (κ2) is 3.49. The molecule has 2 rings (SSSR count). The highest BCUT2D eigenvalue weighted by Gasteiger charge is 2.25. The molecule has 2 N–H and O–H groups in total. The van der Waals surface area contributed by atoms with Crippen molar-refractivity contribution in [3.8, 4) is 5.75 Å². The number of phenols is 1. The number of phenolic OH excluding ortho intramolecular Hbond substituents is 1. The number of hydrogen-bond donors (Lipinski definition) is 2. The third-order valence-electron chi connectivity index (χ3n) is 2.04. The van der Waals surface area contributed by atoms with Crippen LogP contribution in [0.3, 0.4) is 0 Å². The van der Waals surface area contributed by atoms with Crippen molar-refractivity contribution in [2.75, 3.05) is 6.61 Å². The molecular formula is C9H8BrNO3. The van der Waals surface area contributed by atoms with Crippen LogP contribution in [0.5, 0.6) is 5.75 Å². The molecule has 1 aliphatic heterocycles. The molecule has 0 radical (unpaired) electrons. The van der Waals surface area contributed by atoms with Crippen molar-refractivity contribution in [2.45, 2.75) is 6.04 Å². The van der Waals surface area contributed by atoms with Crippen LogP contribution in [0.4, 0.5) is 4.79 Å². The van der Waals surface area contributed by atoms with E-state index < -0.39 is 6.09 Å². The molecule has 0 aromatic heterocycles. The SMILES string of the molecule is O=C1N[C@H](c2ccc(Br)cc2O)CO1. The van der Waals surface area contributed by atoms with Crippen LogP contribution in [0, 0.1) is 0 Å². The average Bonchev–Trinajstić information content (AvgIpc) is 2.51. The third-order valence-corrected chi connectivity index (χ3v) is 2.53. The first-order chi connectivity index (χ1) is 6.66. The summed E-state index contributed by atoms with van der Waals surface area (Å²) in [6.45, 7) is 0.258. The Morgan fingerprint density at radius 2 is 2.36 bits per heavy atom. The molecule has 0 aliphatic carbocycles. The predicted molar refractivity (Wildman–Crippen MR) is 53.0 cm³/mol. The van der Waals surface area contributed by atoms with E-state index in [0.717, 1.165) is 4.47 Å². The van der Waals surface area contributed by atoms with Crippen molar-refractivity contribution < 1.29 is 14.6 Å². The lowest BCUT2D eigenvalue weighted by atomic mass is 10.1. The predicted octanol–water partition coefficient (Wildman–Crippen LogP) is 1.94. The molecule has 5 heteroatoms. The van der Waals surface area contributed by atoms with Crippen molar-refractivity contribution in [1.82, 2.24) is 5.32 Å². The van der Waals surface area contributed by atoms with E-state index in [9.17, 15) is 9.90 Å². The Kier molecular flexibility index (Phi) is 2.33. The van der Waals surface area contributed by atoms with Gasteiger partial charge in [-0.1, -0.05) is 22.0 Å². The minimum absolute atomic E-state index is 0.148. The van der Waals surface area contributed by atoms with E-state index in [4.69, 9.17) is 4.74 Å². The number of carbonyl (C=O) groups excluding carboxylic acids is 1. The average molecular weight is 258 g/mol. The fourth-order valence-electron chi connectivity index (χ4n) is 1.36. The van der Waals surface area contributed by atoms with E-state index >= 15 is 0 Å². The third kappa shape index (κ3) is 1.68. The number of carbonyl (C=O) groups is 1. The van der Waals surface area contributed by atoms with Gasteiger partial charge in [0.25, 0.3) is 0 Å². The summed E-state index contributed by atoms with van der Waals surface area (Å²) in [5.41, 5.74) is 0.666. The summed E-state index contributed by atoms with van der Waals surface area (Å²) in [5, 5.41) is 12.2. The van der Waals surface area contributed by atoms with Gasteiger partial charge in [-0.05, 0) is 12.1 Å². The summed E-state index contributed by atoms with van der Waals surface area (Å²) >= 11 is 3.24. The number of alkyl carbamates (subject to hydrolysis) is 1. The van der Waals surface area contributed by atoms with Crippen LogP contribution in [0.1, 0.15) is 11.6 Å². The lowest BCUT2D eigenvalue weighted by Gasteiger charge is -2.09. The summed E-state index contributed by atoms with van der Waals surface area (Å²) in [5.74, 6) is 0.148. The number of rotatable bonds is 1. The van der Waals surface area contributed by atoms with Crippen LogP contribution in [-0.2, 0) is 4.74 Å². The van der Waals surface area contributed by atoms with Gasteiger partial charge in [0.2, 0.25) is 0 Å². The Balaban J connectivity index is 2.28. The van der Waals surface area contributed by atoms with Gasteiger partial charge in [0.05, 0.1) is 6.04 Å². The maximum atomic E-state index is 10.8. The minimum atomic E-state index is -0.447. The highest BCUT2D eigenvalue weighted by molar-refractivity contribution is 9.10. The van der Waals surface area contributed by atoms with E-state index in [2.05, 4.69) is 21.2 Å². The quantitative estimate of drug-likeness (QED) is 0.809. The fraction of sp³-hybridized carbons (Fsp3) is 0.222. The van der Waals surface area contributed by atoms with Crippen LogP contribution in [0.15, 0.2) is 22.7 Å². The highest BCUT2D eigenvalue weighted by Crippen LogP contribution is 2.29. The number of halogens is 1. The number of ether oxygens (including phenoxy) is 1. The number of amides is 1. The number of benzene rings is 1. The number of cyclic esters (lactones) is 1. The van der Waals surface area contributed by atoms with Gasteiger partial charge in [-0.25, -0.2) is 4.79 Å². The van der Waals surface area contributed by atoms with Gasteiger partial charge in [0, 0.05) is 10.0 Å². The van der Waals surface area contributed by atoms with E-state index in [-0.39, 0.29) is 18.4 Å². The van der Waals surface area contributed by atoms with Crippen LogP contribution in [-0.4, -0.2) is 17.8 Å². The Labute approximate surface area is 89.0 Å². The maximum Gasteiger partial charge on any atom is 0.407 e. The largest absolute Gasteiger partial charge is 0.508 e. The first kappa shape index (κ1) is 9.33. The van der Waals surface area contributed by atoms with Crippen LogP contribution < -0.4 is 5.32 Å². The topological polar surface area (TPSA) is 58.6 Å². The Morgan fingerprint density at radius 3 is 2.93 bits per heavy atom. The lowest BCUT2D eigenvalue weighted by Crippen LogP contribution is -2.18. The smallest absolute Gasteiger partial charge is 0.407 e. The Morgan fingerprint density at radius 1 is 1.57 bits per heavy atom. The van der Waals surface area contributed by atoms with Gasteiger partial charge in [-0.2, -0.15) is 0 Å². The van der Waals surface area contributed by atoms with Crippen molar-refractivity contribution in [3.63, 3.8) is 0 Å². The van der Waals surface area contributed by atoms with Crippen molar-refractivity contribution >= 4 is 22.0 Å². The zero-order chi connectivity index (χ0) is 10.1. The first-order valence-corrected chi connectivity index (χ1v) is 4.88. The van der Waals surface area contributed by atoms with E-state index in [0.29, 0.717) is 5.56 Å². The summed E-state index contributed by atoms with van der Waals surface area (Å²) in [6, 6.07) is 4.88. The molecule has 0 spiro atoms. The van der Waals surface area contributed by atoms with Gasteiger partial charge < -0.3 is 15.2 Å². The summed E-state index contributed by atoms with van der Waals surface area (Å²) in [7, 11) is 0. The van der Waals surface area contributed by atoms with Crippen molar-refractivity contribution in [3.05, 3.63) is 28.2 Å². The second-order valence-corrected chi connectivity index (χ2v) is 3.91. The zero-order valence-electron chi connectivity index (χ0n) is 7.16. The molecule has 1 fully saturated rings. The normalized spacial score (nSPS) is 20.4. The van der Waals surface area contributed by atoms with Crippen molar-refractivity contribution in [2.24, 2.45) is 0 Å². The lowest BCUT2D eigenvalue weighted by molar-refractivity contribution is 0.177. The Hall–Kier alpha value is -1.23. The summed E-state index contributed by atoms with van der Waals surface area (Å²) < 4.78 is 5.53. The van der Waals surface area contributed by atoms with Crippen molar-refractivity contribution in [1.29, 1.82) is 0 Å². The molecule has 14 heavy (non-hydrogen) atoms. The molecule has 0 unspecified atom stereocenters. The van der Waals surface area contributed by atoms with Gasteiger partial charge in [-0.3, -0.25) is 0 Å². The van der Waals surface area contributed by atoms with Crippen LogP contribution in [0.25, 0.3) is 0 Å². The first-order valence-electron chi connectivity index (χ1n) is 4.08.